The molecular formula is C20H28O2. The highest BCUT2D eigenvalue weighted by Gasteiger charge is 1.94. The quantitative estimate of drug-likeness (QED) is 0.721. The molecule has 0 heterocycles. The predicted molar refractivity (Wildman–Crippen MR) is 94.0 cm³/mol. The zero-order valence-electron chi connectivity index (χ0n) is 14.3. The van der Waals surface area contributed by atoms with Gasteiger partial charge in [-0.15, -0.1) is 0 Å². The van der Waals surface area contributed by atoms with Gasteiger partial charge in [-0.05, 0) is 49.9 Å². The largest absolute Gasteiger partial charge is 0.494 e. The van der Waals surface area contributed by atoms with Gasteiger partial charge in [-0.25, -0.2) is 0 Å². The third kappa shape index (κ3) is 6.66. The van der Waals surface area contributed by atoms with Gasteiger partial charge in [0.15, 0.2) is 0 Å². The summed E-state index contributed by atoms with van der Waals surface area (Å²) in [4.78, 5) is 0. The van der Waals surface area contributed by atoms with E-state index in [0.717, 1.165) is 24.3 Å². The zero-order chi connectivity index (χ0) is 16.2. The smallest absolute Gasteiger partial charge is 0.122 e. The van der Waals surface area contributed by atoms with Gasteiger partial charge in [-0.2, -0.15) is 0 Å². The molecule has 0 spiro atoms. The molecule has 0 aliphatic rings. The van der Waals surface area contributed by atoms with Gasteiger partial charge in [0.1, 0.15) is 11.5 Å². The Bertz CT molecular complexity index is 494. The molecule has 0 unspecified atom stereocenters. The summed E-state index contributed by atoms with van der Waals surface area (Å²) < 4.78 is 10.6. The predicted octanol–water partition coefficient (Wildman–Crippen LogP) is 5.30. The van der Waals surface area contributed by atoms with E-state index in [1.165, 1.54) is 11.1 Å². The van der Waals surface area contributed by atoms with Crippen LogP contribution in [0.2, 0.25) is 0 Å². The number of aryl methyl sites for hydroxylation is 2. The summed E-state index contributed by atoms with van der Waals surface area (Å²) >= 11 is 0. The summed E-state index contributed by atoms with van der Waals surface area (Å²) in [5.74, 6) is 1.73. The van der Waals surface area contributed by atoms with Crippen molar-refractivity contribution in [3.8, 4) is 11.5 Å². The highest BCUT2D eigenvalue weighted by atomic mass is 16.5. The highest BCUT2D eigenvalue weighted by Crippen LogP contribution is 2.18. The van der Waals surface area contributed by atoms with E-state index in [4.69, 9.17) is 9.47 Å². The SMILES string of the molecule is CCOc1cccc(OCC)c1.CCc1cccc(CC)c1. The zero-order valence-corrected chi connectivity index (χ0v) is 14.3. The van der Waals surface area contributed by atoms with Gasteiger partial charge >= 0.3 is 0 Å². The highest BCUT2D eigenvalue weighted by molar-refractivity contribution is 5.32. The molecule has 0 bridgehead atoms. The number of hydrogen-bond donors (Lipinski definition) is 0. The Morgan fingerprint density at radius 1 is 0.636 bits per heavy atom. The average Bonchev–Trinajstić information content (AvgIpc) is 2.56. The Hall–Kier alpha value is -1.96. The van der Waals surface area contributed by atoms with Gasteiger partial charge < -0.3 is 9.47 Å². The van der Waals surface area contributed by atoms with Gasteiger partial charge in [0.2, 0.25) is 0 Å². The second-order valence-corrected chi connectivity index (χ2v) is 4.87. The van der Waals surface area contributed by atoms with E-state index < -0.39 is 0 Å². The minimum absolute atomic E-state index is 0.690. The van der Waals surface area contributed by atoms with Crippen molar-refractivity contribution in [3.05, 3.63) is 59.7 Å². The lowest BCUT2D eigenvalue weighted by Crippen LogP contribution is -1.94. The Morgan fingerprint density at radius 3 is 1.50 bits per heavy atom. The number of rotatable bonds is 6. The Labute approximate surface area is 135 Å². The third-order valence-electron chi connectivity index (χ3n) is 3.24. The van der Waals surface area contributed by atoms with Gasteiger partial charge in [-0.1, -0.05) is 44.2 Å². The maximum Gasteiger partial charge on any atom is 0.122 e. The van der Waals surface area contributed by atoms with Crippen LogP contribution in [0.4, 0.5) is 0 Å². The van der Waals surface area contributed by atoms with Crippen LogP contribution in [0.25, 0.3) is 0 Å². The molecule has 2 aromatic rings. The van der Waals surface area contributed by atoms with Crippen molar-refractivity contribution in [1.82, 2.24) is 0 Å². The molecule has 0 aromatic heterocycles. The summed E-state index contributed by atoms with van der Waals surface area (Å²) in [5.41, 5.74) is 2.89. The van der Waals surface area contributed by atoms with Crippen LogP contribution in [-0.4, -0.2) is 13.2 Å². The summed E-state index contributed by atoms with van der Waals surface area (Å²) in [6.07, 6.45) is 2.29. The normalized spacial score (nSPS) is 9.64. The summed E-state index contributed by atoms with van der Waals surface area (Å²) in [6.45, 7) is 9.69. The van der Waals surface area contributed by atoms with E-state index in [1.54, 1.807) is 0 Å². The third-order valence-corrected chi connectivity index (χ3v) is 3.24. The van der Waals surface area contributed by atoms with Crippen LogP contribution >= 0.6 is 0 Å². The molecule has 0 fully saturated rings. The van der Waals surface area contributed by atoms with Crippen LogP contribution in [-0.2, 0) is 12.8 Å². The average molecular weight is 300 g/mol. The fraction of sp³-hybridized carbons (Fsp3) is 0.400. The Kier molecular flexibility index (Phi) is 8.82. The number of ether oxygens (including phenoxy) is 2. The van der Waals surface area contributed by atoms with Crippen molar-refractivity contribution in [2.45, 2.75) is 40.5 Å². The lowest BCUT2D eigenvalue weighted by Gasteiger charge is -2.05. The molecule has 120 valence electrons. The minimum Gasteiger partial charge on any atom is -0.494 e. The van der Waals surface area contributed by atoms with Crippen molar-refractivity contribution in [3.63, 3.8) is 0 Å². The molecule has 0 radical (unpaired) electrons. The number of benzene rings is 2. The monoisotopic (exact) mass is 300 g/mol. The second-order valence-electron chi connectivity index (χ2n) is 4.87. The molecule has 0 aliphatic heterocycles. The first-order chi connectivity index (χ1) is 10.7. The van der Waals surface area contributed by atoms with Gasteiger partial charge in [-0.3, -0.25) is 0 Å². The van der Waals surface area contributed by atoms with Crippen molar-refractivity contribution in [2.75, 3.05) is 13.2 Å². The fourth-order valence-corrected chi connectivity index (χ4v) is 2.06. The van der Waals surface area contributed by atoms with Crippen LogP contribution in [0.3, 0.4) is 0 Å². The van der Waals surface area contributed by atoms with Crippen LogP contribution in [0.1, 0.15) is 38.8 Å². The van der Waals surface area contributed by atoms with E-state index in [9.17, 15) is 0 Å². The van der Waals surface area contributed by atoms with Crippen LogP contribution in [0.5, 0.6) is 11.5 Å². The van der Waals surface area contributed by atoms with Gasteiger partial charge in [0.25, 0.3) is 0 Å². The second kappa shape index (κ2) is 10.7. The maximum absolute atomic E-state index is 5.31. The fourth-order valence-electron chi connectivity index (χ4n) is 2.06. The number of hydrogen-bond acceptors (Lipinski definition) is 2. The van der Waals surface area contributed by atoms with Gasteiger partial charge in [0, 0.05) is 6.07 Å². The van der Waals surface area contributed by atoms with E-state index in [0.29, 0.717) is 13.2 Å². The summed E-state index contributed by atoms with van der Waals surface area (Å²) in [7, 11) is 0. The molecule has 22 heavy (non-hydrogen) atoms. The van der Waals surface area contributed by atoms with Crippen LogP contribution < -0.4 is 9.47 Å². The van der Waals surface area contributed by atoms with E-state index in [2.05, 4.69) is 38.1 Å². The maximum atomic E-state index is 5.31. The standard InChI is InChI=1S/C10H14O2.C10H14/c1-3-11-9-6-5-7-10(8-9)12-4-2;1-3-9-6-5-7-10(4-2)8-9/h5-8H,3-4H2,1-2H3;5-8H,3-4H2,1-2H3. The van der Waals surface area contributed by atoms with Crippen molar-refractivity contribution in [2.24, 2.45) is 0 Å². The molecule has 2 nitrogen and oxygen atoms in total. The lowest BCUT2D eigenvalue weighted by atomic mass is 10.1. The van der Waals surface area contributed by atoms with Crippen molar-refractivity contribution < 1.29 is 9.47 Å². The van der Waals surface area contributed by atoms with E-state index >= 15 is 0 Å². The summed E-state index contributed by atoms with van der Waals surface area (Å²) in [6, 6.07) is 16.4. The molecule has 0 saturated heterocycles. The first-order valence-electron chi connectivity index (χ1n) is 8.16. The molecule has 0 saturated carbocycles. The molecule has 2 aromatic carbocycles. The molecule has 0 atom stereocenters. The van der Waals surface area contributed by atoms with Crippen LogP contribution in [0, 0.1) is 0 Å². The first kappa shape index (κ1) is 18.1. The Morgan fingerprint density at radius 2 is 1.09 bits per heavy atom. The molecule has 0 N–H and O–H groups in total. The van der Waals surface area contributed by atoms with Gasteiger partial charge in [0.05, 0.1) is 13.2 Å². The summed E-state index contributed by atoms with van der Waals surface area (Å²) in [5, 5.41) is 0. The minimum atomic E-state index is 0.690. The molecule has 2 heteroatoms. The molecular weight excluding hydrogens is 272 g/mol. The van der Waals surface area contributed by atoms with E-state index in [-0.39, 0.29) is 0 Å². The Balaban J connectivity index is 0.000000224. The lowest BCUT2D eigenvalue weighted by molar-refractivity contribution is 0.323. The first-order valence-corrected chi connectivity index (χ1v) is 8.16. The van der Waals surface area contributed by atoms with Crippen molar-refractivity contribution >= 4 is 0 Å². The van der Waals surface area contributed by atoms with Crippen LogP contribution in [0.15, 0.2) is 48.5 Å². The molecule has 0 amide bonds. The molecule has 0 aliphatic carbocycles. The topological polar surface area (TPSA) is 18.5 Å². The molecule has 2 rings (SSSR count). The van der Waals surface area contributed by atoms with Crippen molar-refractivity contribution in [1.29, 1.82) is 0 Å². The van der Waals surface area contributed by atoms with E-state index in [1.807, 2.05) is 38.1 Å².